The van der Waals surface area contributed by atoms with Gasteiger partial charge >= 0.3 is 0 Å². The lowest BCUT2D eigenvalue weighted by Gasteiger charge is -2.15. The number of hydrogen-bond acceptors (Lipinski definition) is 3. The summed E-state index contributed by atoms with van der Waals surface area (Å²) in [7, 11) is -1.71. The predicted molar refractivity (Wildman–Crippen MR) is 67.3 cm³/mol. The van der Waals surface area contributed by atoms with Gasteiger partial charge in [0.15, 0.2) is 0 Å². The summed E-state index contributed by atoms with van der Waals surface area (Å²) in [6.07, 6.45) is 6.38. The van der Waals surface area contributed by atoms with Crippen LogP contribution in [0.25, 0.3) is 0 Å². The third-order valence-corrected chi connectivity index (χ3v) is 3.39. The molecule has 0 aliphatic heterocycles. The quantitative estimate of drug-likeness (QED) is 0.477. The average Bonchev–Trinajstić information content (AvgIpc) is 2.18. The van der Waals surface area contributed by atoms with Crippen molar-refractivity contribution in [2.24, 2.45) is 0 Å². The molecule has 0 saturated carbocycles. The summed E-state index contributed by atoms with van der Waals surface area (Å²) in [5, 5.41) is 0. The Bertz CT molecular complexity index is 252. The standard InChI is InChI=1S/C11H25NO3S/c1-3-4-5-6-9-12(2)10-7-8-11-16(13,14)15/h3-11H2,1-2H3,(H,13,14,15). The van der Waals surface area contributed by atoms with Crippen LogP contribution in [0.2, 0.25) is 0 Å². The molecule has 0 aliphatic carbocycles. The average molecular weight is 251 g/mol. The molecular weight excluding hydrogens is 226 g/mol. The first-order chi connectivity index (χ1) is 7.45. The molecule has 16 heavy (non-hydrogen) atoms. The minimum absolute atomic E-state index is 0.114. The highest BCUT2D eigenvalue weighted by Crippen LogP contribution is 2.02. The van der Waals surface area contributed by atoms with E-state index in [1.54, 1.807) is 0 Å². The van der Waals surface area contributed by atoms with Crippen LogP contribution in [0.15, 0.2) is 0 Å². The van der Waals surface area contributed by atoms with Crippen molar-refractivity contribution in [3.05, 3.63) is 0 Å². The molecule has 98 valence electrons. The van der Waals surface area contributed by atoms with Gasteiger partial charge in [0.05, 0.1) is 5.75 Å². The summed E-state index contributed by atoms with van der Waals surface area (Å²) in [4.78, 5) is 2.22. The van der Waals surface area contributed by atoms with Crippen LogP contribution in [-0.2, 0) is 10.1 Å². The fourth-order valence-electron chi connectivity index (χ4n) is 1.59. The summed E-state index contributed by atoms with van der Waals surface area (Å²) in [6, 6.07) is 0. The minimum atomic E-state index is -3.76. The first-order valence-electron chi connectivity index (χ1n) is 6.09. The number of hydrogen-bond donors (Lipinski definition) is 1. The summed E-state index contributed by atoms with van der Waals surface area (Å²) in [5.74, 6) is -0.114. The van der Waals surface area contributed by atoms with E-state index >= 15 is 0 Å². The Hall–Kier alpha value is -0.130. The van der Waals surface area contributed by atoms with Crippen LogP contribution in [0, 0.1) is 0 Å². The molecule has 0 aliphatic rings. The van der Waals surface area contributed by atoms with E-state index in [4.69, 9.17) is 4.55 Å². The molecular formula is C11H25NO3S. The van der Waals surface area contributed by atoms with Gasteiger partial charge < -0.3 is 4.90 Å². The van der Waals surface area contributed by atoms with Gasteiger partial charge in [-0.05, 0) is 39.4 Å². The summed E-state index contributed by atoms with van der Waals surface area (Å²) in [5.41, 5.74) is 0. The minimum Gasteiger partial charge on any atom is -0.306 e. The highest BCUT2D eigenvalue weighted by molar-refractivity contribution is 7.85. The second-order valence-corrected chi connectivity index (χ2v) is 5.93. The van der Waals surface area contributed by atoms with E-state index < -0.39 is 10.1 Å². The molecule has 0 unspecified atom stereocenters. The molecule has 0 fully saturated rings. The Kier molecular flexibility index (Phi) is 8.89. The van der Waals surface area contributed by atoms with Crippen molar-refractivity contribution in [3.63, 3.8) is 0 Å². The third kappa shape index (κ3) is 11.9. The molecule has 0 heterocycles. The van der Waals surface area contributed by atoms with Crippen LogP contribution in [0.3, 0.4) is 0 Å². The van der Waals surface area contributed by atoms with Gasteiger partial charge in [0, 0.05) is 0 Å². The maximum atomic E-state index is 10.5. The molecule has 5 heteroatoms. The normalized spacial score (nSPS) is 12.2. The Morgan fingerprint density at radius 1 is 1.00 bits per heavy atom. The van der Waals surface area contributed by atoms with Gasteiger partial charge in [-0.15, -0.1) is 0 Å². The monoisotopic (exact) mass is 251 g/mol. The van der Waals surface area contributed by atoms with Crippen molar-refractivity contribution in [1.82, 2.24) is 4.90 Å². The van der Waals surface area contributed by atoms with Crippen LogP contribution in [-0.4, -0.2) is 43.8 Å². The molecule has 0 aromatic heterocycles. The summed E-state index contributed by atoms with van der Waals surface area (Å²) in [6.45, 7) is 4.17. The first-order valence-corrected chi connectivity index (χ1v) is 7.70. The molecule has 0 aromatic carbocycles. The SMILES string of the molecule is CCCCCCN(C)CCCCS(=O)(=O)O. The number of nitrogens with zero attached hydrogens (tertiary/aromatic N) is 1. The van der Waals surface area contributed by atoms with Crippen molar-refractivity contribution in [1.29, 1.82) is 0 Å². The Balaban J connectivity index is 3.33. The fourth-order valence-corrected chi connectivity index (χ4v) is 2.16. The summed E-state index contributed by atoms with van der Waals surface area (Å²) < 4.78 is 29.5. The highest BCUT2D eigenvalue weighted by Gasteiger charge is 2.04. The Labute approximate surface area is 99.8 Å². The van der Waals surface area contributed by atoms with Crippen LogP contribution in [0.4, 0.5) is 0 Å². The molecule has 0 saturated heterocycles. The van der Waals surface area contributed by atoms with Crippen LogP contribution >= 0.6 is 0 Å². The maximum Gasteiger partial charge on any atom is 0.264 e. The molecule has 0 aromatic rings. The fraction of sp³-hybridized carbons (Fsp3) is 1.00. The van der Waals surface area contributed by atoms with Gasteiger partial charge in [0.1, 0.15) is 0 Å². The molecule has 0 amide bonds. The van der Waals surface area contributed by atoms with Gasteiger partial charge in [-0.1, -0.05) is 26.2 Å². The van der Waals surface area contributed by atoms with Crippen LogP contribution < -0.4 is 0 Å². The van der Waals surface area contributed by atoms with Gasteiger partial charge in [-0.25, -0.2) is 0 Å². The van der Waals surface area contributed by atoms with Gasteiger partial charge in [-0.2, -0.15) is 8.42 Å². The predicted octanol–water partition coefficient (Wildman–Crippen LogP) is 2.17. The smallest absolute Gasteiger partial charge is 0.264 e. The van der Waals surface area contributed by atoms with E-state index in [0.717, 1.165) is 19.5 Å². The van der Waals surface area contributed by atoms with Crippen molar-refractivity contribution in [2.45, 2.75) is 45.4 Å². The molecule has 4 nitrogen and oxygen atoms in total. The molecule has 0 atom stereocenters. The number of rotatable bonds is 10. The lowest BCUT2D eigenvalue weighted by Crippen LogP contribution is -2.21. The van der Waals surface area contributed by atoms with Crippen molar-refractivity contribution in [3.8, 4) is 0 Å². The third-order valence-electron chi connectivity index (χ3n) is 2.59. The Morgan fingerprint density at radius 2 is 1.56 bits per heavy atom. The second-order valence-electron chi connectivity index (χ2n) is 4.36. The zero-order valence-corrected chi connectivity index (χ0v) is 11.3. The molecule has 0 bridgehead atoms. The maximum absolute atomic E-state index is 10.5. The van der Waals surface area contributed by atoms with Crippen LogP contribution in [0.5, 0.6) is 0 Å². The van der Waals surface area contributed by atoms with Crippen LogP contribution in [0.1, 0.15) is 45.4 Å². The molecule has 1 N–H and O–H groups in total. The number of unbranched alkanes of at least 4 members (excludes halogenated alkanes) is 4. The highest BCUT2D eigenvalue weighted by atomic mass is 32.2. The van der Waals surface area contributed by atoms with Gasteiger partial charge in [-0.3, -0.25) is 4.55 Å². The first kappa shape index (κ1) is 15.9. The van der Waals surface area contributed by atoms with E-state index in [1.165, 1.54) is 25.7 Å². The topological polar surface area (TPSA) is 57.6 Å². The van der Waals surface area contributed by atoms with Gasteiger partial charge in [0.25, 0.3) is 10.1 Å². The lowest BCUT2D eigenvalue weighted by atomic mass is 10.2. The van der Waals surface area contributed by atoms with Crippen molar-refractivity contribution < 1.29 is 13.0 Å². The van der Waals surface area contributed by atoms with E-state index in [2.05, 4.69) is 18.9 Å². The largest absolute Gasteiger partial charge is 0.306 e. The Morgan fingerprint density at radius 3 is 2.06 bits per heavy atom. The van der Waals surface area contributed by atoms with E-state index in [1.807, 2.05) is 0 Å². The lowest BCUT2D eigenvalue weighted by molar-refractivity contribution is 0.318. The molecule has 0 spiro atoms. The molecule has 0 radical (unpaired) electrons. The van der Waals surface area contributed by atoms with Crippen molar-refractivity contribution in [2.75, 3.05) is 25.9 Å². The second kappa shape index (κ2) is 8.96. The van der Waals surface area contributed by atoms with E-state index in [9.17, 15) is 8.42 Å². The zero-order chi connectivity index (χ0) is 12.4. The zero-order valence-electron chi connectivity index (χ0n) is 10.5. The van der Waals surface area contributed by atoms with Gasteiger partial charge in [0.2, 0.25) is 0 Å². The summed E-state index contributed by atoms with van der Waals surface area (Å²) >= 11 is 0. The molecule has 0 rings (SSSR count). The van der Waals surface area contributed by atoms with E-state index in [-0.39, 0.29) is 5.75 Å². The van der Waals surface area contributed by atoms with E-state index in [0.29, 0.717) is 6.42 Å². The van der Waals surface area contributed by atoms with Crippen molar-refractivity contribution >= 4 is 10.1 Å².